The summed E-state index contributed by atoms with van der Waals surface area (Å²) < 4.78 is 0.0370. The van der Waals surface area contributed by atoms with E-state index in [0.29, 0.717) is 5.82 Å². The van der Waals surface area contributed by atoms with Gasteiger partial charge in [0.2, 0.25) is 0 Å². The fourth-order valence-electron chi connectivity index (χ4n) is 0.838. The zero-order valence-electron chi connectivity index (χ0n) is 8.77. The van der Waals surface area contributed by atoms with Crippen LogP contribution in [0.4, 0.5) is 5.82 Å². The second kappa shape index (κ2) is 7.43. The number of hydrazine groups is 1. The Labute approximate surface area is 146 Å². The van der Waals surface area contributed by atoms with Gasteiger partial charge in [-0.1, -0.05) is 0 Å². The smallest absolute Gasteiger partial charge is 0.410 e. The van der Waals surface area contributed by atoms with Gasteiger partial charge in [-0.25, -0.2) is 9.97 Å². The average Bonchev–Trinajstić information content (AvgIpc) is 2.14. The van der Waals surface area contributed by atoms with Crippen molar-refractivity contribution in [3.05, 3.63) is 17.6 Å². The number of carbonyl (C=O) groups is 1. The molecule has 0 bridgehead atoms. The van der Waals surface area contributed by atoms with Crippen LogP contribution in [0.3, 0.4) is 0 Å². The van der Waals surface area contributed by atoms with Gasteiger partial charge in [-0.3, -0.25) is 10.2 Å². The van der Waals surface area contributed by atoms with Crippen molar-refractivity contribution in [2.45, 2.75) is 6.92 Å². The Balaban J connectivity index is 0.00000225. The number of carbonyl (C=O) groups excluding carboxylic acids is 1. The summed E-state index contributed by atoms with van der Waals surface area (Å²) in [6.07, 6.45) is 1.33. The number of hydrogen-bond donors (Lipinski definition) is 3. The molecule has 0 atom stereocenters. The minimum atomic E-state index is -0.486. The Hall–Kier alpha value is 0.0964. The molecule has 0 aromatic carbocycles. The fourth-order valence-corrected chi connectivity index (χ4v) is 0.940. The molecule has 0 saturated heterocycles. The van der Waals surface area contributed by atoms with Crippen LogP contribution in [0, 0.1) is 6.92 Å². The Bertz CT molecular complexity index is 414. The largest absolute Gasteiger partial charge is 1.00 e. The van der Waals surface area contributed by atoms with Gasteiger partial charge in [0.05, 0.1) is 0 Å². The number of hydrogen-bond acceptors (Lipinski definition) is 6. The molecule has 0 aliphatic carbocycles. The second-order valence-electron chi connectivity index (χ2n) is 2.58. The van der Waals surface area contributed by atoms with Gasteiger partial charge in [-0.05, 0) is 11.2 Å². The summed E-state index contributed by atoms with van der Waals surface area (Å²) in [5, 5.41) is 0. The first-order valence-corrected chi connectivity index (χ1v) is 4.69. The molecule has 1 heterocycles. The molecule has 80 valence electrons. The summed E-state index contributed by atoms with van der Waals surface area (Å²) >= 11 is 9.09. The van der Waals surface area contributed by atoms with Crippen LogP contribution in [-0.2, 0) is 12.6 Å². The van der Waals surface area contributed by atoms with Crippen LogP contribution >= 0.6 is 12.2 Å². The number of aryl methyl sites for hydroxylation is 1. The summed E-state index contributed by atoms with van der Waals surface area (Å²) in [7, 11) is 0. The van der Waals surface area contributed by atoms with Crippen molar-refractivity contribution in [1.29, 1.82) is 0 Å². The molecule has 0 unspecified atom stereocenters. The van der Waals surface area contributed by atoms with Crippen molar-refractivity contribution in [2.24, 2.45) is 0 Å². The van der Waals surface area contributed by atoms with Gasteiger partial charge >= 0.3 is 51.4 Å². The van der Waals surface area contributed by atoms with E-state index in [9.17, 15) is 4.79 Å². The standard InChI is InChI=1S/C7H9N5OS2.K/c1-3-9-2-4(5(8)10-3)6(13)11-12-7(14)15;/h2H,1H3,(H,11,13)(H2,8,9,10)(H2,12,14,15);/q;+1/p-1. The number of rotatable bonds is 1. The first-order valence-electron chi connectivity index (χ1n) is 3.87. The Morgan fingerprint density at radius 3 is 2.69 bits per heavy atom. The number of amides is 1. The number of anilines is 1. The summed E-state index contributed by atoms with van der Waals surface area (Å²) in [5.41, 5.74) is 10.3. The van der Waals surface area contributed by atoms with Crippen LogP contribution in [-0.4, -0.2) is 20.2 Å². The number of aromatic nitrogens is 2. The first kappa shape index (κ1) is 16.1. The van der Waals surface area contributed by atoms with Crippen molar-refractivity contribution in [3.63, 3.8) is 0 Å². The molecule has 1 rings (SSSR count). The van der Waals surface area contributed by atoms with E-state index in [4.69, 9.17) is 5.73 Å². The van der Waals surface area contributed by atoms with Crippen molar-refractivity contribution in [2.75, 3.05) is 5.73 Å². The van der Waals surface area contributed by atoms with Crippen LogP contribution in [0.15, 0.2) is 6.20 Å². The molecule has 4 N–H and O–H groups in total. The number of nitrogens with one attached hydrogen (secondary N) is 2. The van der Waals surface area contributed by atoms with Gasteiger partial charge in [0.1, 0.15) is 17.2 Å². The predicted octanol–water partition coefficient (Wildman–Crippen LogP) is -3.56. The predicted molar refractivity (Wildman–Crippen MR) is 61.7 cm³/mol. The molecule has 0 radical (unpaired) electrons. The molecular formula is C7H8KN5OS2. The molecule has 9 heteroatoms. The van der Waals surface area contributed by atoms with Crippen LogP contribution in [0.1, 0.15) is 16.2 Å². The quantitative estimate of drug-likeness (QED) is 0.212. The summed E-state index contributed by atoms with van der Waals surface area (Å²) in [6, 6.07) is 0. The third kappa shape index (κ3) is 4.95. The van der Waals surface area contributed by atoms with Crippen molar-refractivity contribution in [1.82, 2.24) is 20.8 Å². The number of thiocarbonyl (C=S) groups is 1. The van der Waals surface area contributed by atoms with Crippen LogP contribution < -0.4 is 68.0 Å². The molecule has 0 fully saturated rings. The number of nitrogens with zero attached hydrogens (tertiary/aromatic N) is 2. The molecule has 0 spiro atoms. The molecule has 6 nitrogen and oxygen atoms in total. The minimum Gasteiger partial charge on any atom is -0.410 e. The Kier molecular flexibility index (Phi) is 7.47. The molecule has 0 saturated carbocycles. The van der Waals surface area contributed by atoms with Crippen LogP contribution in [0.2, 0.25) is 0 Å². The molecule has 1 aromatic heterocycles. The van der Waals surface area contributed by atoms with E-state index in [2.05, 4.69) is 45.7 Å². The second-order valence-corrected chi connectivity index (χ2v) is 3.66. The summed E-state index contributed by atoms with van der Waals surface area (Å²) in [5.74, 6) is 0.118. The third-order valence-electron chi connectivity index (χ3n) is 1.46. The molecule has 16 heavy (non-hydrogen) atoms. The third-order valence-corrected chi connectivity index (χ3v) is 1.67. The maximum atomic E-state index is 11.4. The molecule has 0 aliphatic heterocycles. The molecule has 1 amide bonds. The van der Waals surface area contributed by atoms with Crippen molar-refractivity contribution >= 4 is 40.9 Å². The van der Waals surface area contributed by atoms with Crippen molar-refractivity contribution < 1.29 is 56.2 Å². The fraction of sp³-hybridized carbons (Fsp3) is 0.143. The topological polar surface area (TPSA) is 92.9 Å². The van der Waals surface area contributed by atoms with E-state index in [1.807, 2.05) is 0 Å². The van der Waals surface area contributed by atoms with E-state index in [1.54, 1.807) is 6.92 Å². The van der Waals surface area contributed by atoms with Crippen LogP contribution in [0.25, 0.3) is 0 Å². The van der Waals surface area contributed by atoms with E-state index in [0.717, 1.165) is 0 Å². The van der Waals surface area contributed by atoms with E-state index in [1.165, 1.54) is 6.20 Å². The Morgan fingerprint density at radius 2 is 2.19 bits per heavy atom. The number of nitrogens with two attached hydrogens (primary N) is 1. The van der Waals surface area contributed by atoms with E-state index in [-0.39, 0.29) is 67.1 Å². The molecule has 0 aliphatic rings. The van der Waals surface area contributed by atoms with Crippen molar-refractivity contribution in [3.8, 4) is 0 Å². The average molecular weight is 281 g/mol. The summed E-state index contributed by atoms with van der Waals surface area (Å²) in [4.78, 5) is 19.1. The van der Waals surface area contributed by atoms with E-state index >= 15 is 0 Å². The van der Waals surface area contributed by atoms with Gasteiger partial charge in [0, 0.05) is 6.20 Å². The van der Waals surface area contributed by atoms with Gasteiger partial charge in [0.15, 0.2) is 0 Å². The first-order chi connectivity index (χ1) is 7.00. The SMILES string of the molecule is Cc1ncc(C(=O)NNC(=S)[S-])c(N)n1.[K+]. The zero-order chi connectivity index (χ0) is 11.4. The minimum absolute atomic E-state index is 0. The van der Waals surface area contributed by atoms with Gasteiger partial charge < -0.3 is 36.0 Å². The van der Waals surface area contributed by atoms with Crippen LogP contribution in [0.5, 0.6) is 0 Å². The van der Waals surface area contributed by atoms with Gasteiger partial charge in [-0.2, -0.15) is 0 Å². The van der Waals surface area contributed by atoms with Gasteiger partial charge in [0.25, 0.3) is 5.91 Å². The maximum absolute atomic E-state index is 11.4. The Morgan fingerprint density at radius 1 is 1.56 bits per heavy atom. The number of nitrogen functional groups attached to an aromatic ring is 1. The zero-order valence-corrected chi connectivity index (χ0v) is 13.5. The summed E-state index contributed by atoms with van der Waals surface area (Å²) in [6.45, 7) is 1.68. The molecular weight excluding hydrogens is 273 g/mol. The normalized spacial score (nSPS) is 8.81. The monoisotopic (exact) mass is 281 g/mol. The maximum Gasteiger partial charge on any atom is 1.00 e. The van der Waals surface area contributed by atoms with E-state index < -0.39 is 5.91 Å². The molecule has 1 aromatic rings. The van der Waals surface area contributed by atoms with Gasteiger partial charge in [-0.15, -0.1) is 0 Å².